The average Bonchev–Trinajstić information content (AvgIpc) is 3.24. The molecule has 3 fully saturated rings. The van der Waals surface area contributed by atoms with Crippen molar-refractivity contribution >= 4 is 34.2 Å². The second-order valence-corrected chi connectivity index (χ2v) is 11.8. The van der Waals surface area contributed by atoms with Crippen molar-refractivity contribution in [2.24, 2.45) is 5.92 Å². The van der Waals surface area contributed by atoms with E-state index in [4.69, 9.17) is 11.6 Å². The van der Waals surface area contributed by atoms with Gasteiger partial charge in [-0.1, -0.05) is 43.0 Å². The Balaban J connectivity index is 1.40. The van der Waals surface area contributed by atoms with Crippen LogP contribution in [0.2, 0.25) is 5.02 Å². The Kier molecular flexibility index (Phi) is 8.12. The highest BCUT2D eigenvalue weighted by atomic mass is 35.5. The summed E-state index contributed by atoms with van der Waals surface area (Å²) >= 11 is 6.00. The molecule has 3 aliphatic rings. The van der Waals surface area contributed by atoms with Crippen LogP contribution in [0.25, 0.3) is 0 Å². The van der Waals surface area contributed by atoms with E-state index >= 15 is 0 Å². The lowest BCUT2D eigenvalue weighted by Gasteiger charge is -2.50. The van der Waals surface area contributed by atoms with Crippen LogP contribution in [-0.2, 0) is 20.4 Å². The number of halogens is 4. The van der Waals surface area contributed by atoms with Crippen molar-refractivity contribution in [2.75, 3.05) is 44.2 Å². The lowest BCUT2D eigenvalue weighted by atomic mass is 9.79. The zero-order valence-electron chi connectivity index (χ0n) is 19.5. The molecule has 1 N–H and O–H groups in total. The number of rotatable bonds is 5. The van der Waals surface area contributed by atoms with Crippen LogP contribution in [0.3, 0.4) is 0 Å². The van der Waals surface area contributed by atoms with Gasteiger partial charge in [0.1, 0.15) is 0 Å². The monoisotopic (exact) mass is 533 g/mol. The lowest BCUT2D eigenvalue weighted by Crippen LogP contribution is -2.63. The molecule has 194 valence electrons. The molecular formula is C24H31ClF3N3O3S. The Bertz CT molecular complexity index is 946. The normalized spacial score (nSPS) is 27.5. The van der Waals surface area contributed by atoms with Gasteiger partial charge in [0, 0.05) is 71.5 Å². The largest absolute Gasteiger partial charge is 0.471 e. The van der Waals surface area contributed by atoms with Crippen LogP contribution in [-0.4, -0.2) is 81.8 Å². The average molecular weight is 534 g/mol. The maximum absolute atomic E-state index is 13.4. The summed E-state index contributed by atoms with van der Waals surface area (Å²) in [5, 5.41) is 2.72. The molecule has 1 aromatic rings. The molecule has 4 rings (SSSR count). The summed E-state index contributed by atoms with van der Waals surface area (Å²) in [6.45, 7) is 1.96. The minimum Gasteiger partial charge on any atom is -0.346 e. The molecule has 0 radical (unpaired) electrons. The molecule has 0 aromatic heterocycles. The van der Waals surface area contributed by atoms with Crippen molar-refractivity contribution in [3.63, 3.8) is 0 Å². The van der Waals surface area contributed by atoms with Gasteiger partial charge in [0.05, 0.1) is 5.92 Å². The molecule has 3 atom stereocenters. The van der Waals surface area contributed by atoms with E-state index in [1.165, 1.54) is 0 Å². The Morgan fingerprint density at radius 1 is 1.03 bits per heavy atom. The van der Waals surface area contributed by atoms with Gasteiger partial charge in [0.15, 0.2) is 0 Å². The van der Waals surface area contributed by atoms with Crippen molar-refractivity contribution in [3.8, 4) is 0 Å². The van der Waals surface area contributed by atoms with Gasteiger partial charge in [0.2, 0.25) is 5.91 Å². The number of nitrogens with zero attached hydrogens (tertiary/aromatic N) is 2. The second kappa shape index (κ2) is 10.8. The number of carbonyl (C=O) groups is 2. The summed E-state index contributed by atoms with van der Waals surface area (Å²) in [7, 11) is -1.07. The third-order valence-electron chi connectivity index (χ3n) is 7.71. The number of carbonyl (C=O) groups excluding carboxylic acids is 2. The van der Waals surface area contributed by atoms with Gasteiger partial charge >= 0.3 is 12.1 Å². The number of amides is 2. The first-order valence-corrected chi connectivity index (χ1v) is 13.9. The van der Waals surface area contributed by atoms with Gasteiger partial charge in [-0.2, -0.15) is 13.2 Å². The van der Waals surface area contributed by atoms with E-state index in [9.17, 15) is 27.0 Å². The number of hydrogen-bond donors (Lipinski definition) is 1. The van der Waals surface area contributed by atoms with Crippen molar-refractivity contribution in [1.29, 1.82) is 0 Å². The molecule has 6 nitrogen and oxygen atoms in total. The van der Waals surface area contributed by atoms with Crippen LogP contribution in [0.5, 0.6) is 0 Å². The minimum absolute atomic E-state index is 0.0153. The van der Waals surface area contributed by atoms with Gasteiger partial charge in [-0.15, -0.1) is 0 Å². The third-order valence-corrected chi connectivity index (χ3v) is 9.43. The quantitative estimate of drug-likeness (QED) is 0.630. The lowest BCUT2D eigenvalue weighted by molar-refractivity contribution is -0.174. The van der Waals surface area contributed by atoms with E-state index in [1.54, 1.807) is 17.0 Å². The minimum atomic E-state index is -4.90. The first kappa shape index (κ1) is 26.4. The van der Waals surface area contributed by atoms with Gasteiger partial charge in [0.25, 0.3) is 0 Å². The maximum Gasteiger partial charge on any atom is 0.471 e. The second-order valence-electron chi connectivity index (χ2n) is 9.82. The smallest absolute Gasteiger partial charge is 0.346 e. The summed E-state index contributed by atoms with van der Waals surface area (Å²) in [6, 6.07) is 7.32. The molecule has 1 aromatic carbocycles. The van der Waals surface area contributed by atoms with E-state index in [-0.39, 0.29) is 24.3 Å². The van der Waals surface area contributed by atoms with E-state index in [0.29, 0.717) is 42.7 Å². The number of alkyl halides is 3. The zero-order chi connectivity index (χ0) is 25.2. The van der Waals surface area contributed by atoms with Crippen LogP contribution in [0.15, 0.2) is 24.3 Å². The van der Waals surface area contributed by atoms with Crippen molar-refractivity contribution in [1.82, 2.24) is 15.1 Å². The Morgan fingerprint density at radius 3 is 2.26 bits per heavy atom. The predicted molar refractivity (Wildman–Crippen MR) is 129 cm³/mol. The van der Waals surface area contributed by atoms with Gasteiger partial charge < -0.3 is 10.2 Å². The number of piperazine rings is 1. The van der Waals surface area contributed by atoms with Crippen LogP contribution in [0.1, 0.15) is 43.6 Å². The molecule has 35 heavy (non-hydrogen) atoms. The molecule has 2 aliphatic heterocycles. The fourth-order valence-corrected chi connectivity index (χ4v) is 7.64. The van der Waals surface area contributed by atoms with Crippen molar-refractivity contribution in [2.45, 2.75) is 49.7 Å². The fraction of sp³-hybridized carbons (Fsp3) is 0.667. The van der Waals surface area contributed by atoms with Crippen LogP contribution in [0, 0.1) is 5.92 Å². The van der Waals surface area contributed by atoms with Crippen molar-refractivity contribution in [3.05, 3.63) is 34.9 Å². The van der Waals surface area contributed by atoms with Crippen LogP contribution in [0.4, 0.5) is 13.2 Å². The molecule has 0 spiro atoms. The number of nitrogens with one attached hydrogen (secondary N) is 1. The summed E-state index contributed by atoms with van der Waals surface area (Å²) in [5.41, 5.74) is 0.438. The van der Waals surface area contributed by atoms with Crippen LogP contribution < -0.4 is 5.32 Å². The molecule has 11 heteroatoms. The van der Waals surface area contributed by atoms with E-state index in [0.717, 1.165) is 37.7 Å². The molecule has 0 bridgehead atoms. The zero-order valence-corrected chi connectivity index (χ0v) is 21.1. The highest BCUT2D eigenvalue weighted by Crippen LogP contribution is 2.37. The summed E-state index contributed by atoms with van der Waals surface area (Å²) in [5.74, 6) is -1.63. The van der Waals surface area contributed by atoms with Crippen LogP contribution >= 0.6 is 11.6 Å². The van der Waals surface area contributed by atoms with E-state index < -0.39 is 28.4 Å². The maximum atomic E-state index is 13.4. The highest BCUT2D eigenvalue weighted by Gasteiger charge is 2.45. The summed E-state index contributed by atoms with van der Waals surface area (Å²) < 4.78 is 50.7. The molecule has 1 aliphatic carbocycles. The Labute approximate surface area is 211 Å². The third kappa shape index (κ3) is 6.02. The first-order valence-electron chi connectivity index (χ1n) is 12.1. The standard InChI is InChI=1S/C24H31ClF3N3O3S/c25-18-6-4-17(5-7-18)19-14-35(34)15-20(19)21(32)30-10-12-31(13-11-30)23(8-2-1-3-9-23)16-29-22(33)24(26,27)28/h4-7,19-20H,1-3,8-16H2,(H,29,33)/t19-,20+,35?/m0/s1. The van der Waals surface area contributed by atoms with Crippen molar-refractivity contribution < 1.29 is 27.0 Å². The van der Waals surface area contributed by atoms with Gasteiger partial charge in [-0.3, -0.25) is 18.7 Å². The summed E-state index contributed by atoms with van der Waals surface area (Å²) in [6.07, 6.45) is -0.630. The van der Waals surface area contributed by atoms with Gasteiger partial charge in [-0.25, -0.2) is 0 Å². The number of hydrogen-bond acceptors (Lipinski definition) is 4. The fourth-order valence-electron chi connectivity index (χ4n) is 5.78. The molecule has 2 amide bonds. The predicted octanol–water partition coefficient (Wildman–Crippen LogP) is 3.33. The summed E-state index contributed by atoms with van der Waals surface area (Å²) in [4.78, 5) is 28.9. The molecule has 1 unspecified atom stereocenters. The number of benzene rings is 1. The van der Waals surface area contributed by atoms with E-state index in [1.807, 2.05) is 12.1 Å². The topological polar surface area (TPSA) is 69.7 Å². The highest BCUT2D eigenvalue weighted by molar-refractivity contribution is 7.85. The Hall–Kier alpha value is -1.65. The molecule has 2 heterocycles. The molecule has 2 saturated heterocycles. The SMILES string of the molecule is O=C([C@@H]1CS(=O)C[C@H]1c1ccc(Cl)cc1)N1CCN(C2(CNC(=O)C(F)(F)F)CCCCC2)CC1. The molecule has 1 saturated carbocycles. The van der Waals surface area contributed by atoms with Gasteiger partial charge in [-0.05, 0) is 30.5 Å². The molecular weight excluding hydrogens is 503 g/mol. The van der Waals surface area contributed by atoms with E-state index in [2.05, 4.69) is 10.2 Å². The Morgan fingerprint density at radius 2 is 1.66 bits per heavy atom. The first-order chi connectivity index (χ1) is 16.6.